The van der Waals surface area contributed by atoms with Crippen molar-refractivity contribution in [3.8, 4) is 0 Å². The Morgan fingerprint density at radius 2 is 1.76 bits per heavy atom. The van der Waals surface area contributed by atoms with Crippen LogP contribution in [0.25, 0.3) is 0 Å². The molecule has 0 saturated carbocycles. The fourth-order valence-electron chi connectivity index (χ4n) is 5.21. The lowest BCUT2D eigenvalue weighted by atomic mass is 9.82. The number of halogens is 1. The van der Waals surface area contributed by atoms with Crippen LogP contribution < -0.4 is 5.32 Å². The average Bonchev–Trinajstić information content (AvgIpc) is 2.86. The molecule has 1 unspecified atom stereocenters. The summed E-state index contributed by atoms with van der Waals surface area (Å²) in [6.07, 6.45) is 0.936. The number of carbonyl (C=O) groups is 4. The number of carbonyl (C=O) groups excluding carboxylic acids is 3. The van der Waals surface area contributed by atoms with Gasteiger partial charge in [-0.05, 0) is 48.9 Å². The van der Waals surface area contributed by atoms with Crippen LogP contribution in [0.1, 0.15) is 36.8 Å². The van der Waals surface area contributed by atoms with Gasteiger partial charge in [0.2, 0.25) is 5.91 Å². The number of nitrogens with one attached hydrogen (secondary N) is 1. The van der Waals surface area contributed by atoms with Crippen LogP contribution >= 0.6 is 0 Å². The summed E-state index contributed by atoms with van der Waals surface area (Å²) in [5, 5.41) is 15.2. The third-order valence-corrected chi connectivity index (χ3v) is 6.98. The molecule has 0 radical (unpaired) electrons. The van der Waals surface area contributed by atoms with E-state index < -0.39 is 42.5 Å². The monoisotopic (exact) mass is 510 g/mol. The maximum atomic E-state index is 13.4. The summed E-state index contributed by atoms with van der Waals surface area (Å²) in [6, 6.07) is 14.0. The van der Waals surface area contributed by atoms with Crippen LogP contribution in [0.3, 0.4) is 0 Å². The molecule has 9 nitrogen and oxygen atoms in total. The lowest BCUT2D eigenvalue weighted by Crippen LogP contribution is -2.72. The van der Waals surface area contributed by atoms with E-state index in [0.717, 1.165) is 12.0 Å². The van der Waals surface area contributed by atoms with Gasteiger partial charge >= 0.3 is 12.0 Å². The third-order valence-electron chi connectivity index (χ3n) is 6.98. The number of nitrogens with zero attached hydrogens (tertiary/aromatic N) is 3. The highest BCUT2D eigenvalue weighted by atomic mass is 19.1. The number of hydrogen-bond donors (Lipinski definition) is 2. The number of carboxylic acid groups (broad SMARTS) is 1. The number of benzene rings is 2. The minimum Gasteiger partial charge on any atom is -0.481 e. The van der Waals surface area contributed by atoms with Crippen LogP contribution in [0.2, 0.25) is 0 Å². The molecule has 3 amide bonds. The highest BCUT2D eigenvalue weighted by Crippen LogP contribution is 2.35. The second kappa shape index (κ2) is 11.5. The molecule has 2 aliphatic heterocycles. The maximum absolute atomic E-state index is 13.4. The number of rotatable bonds is 8. The molecular formula is C27H31FN4O5. The van der Waals surface area contributed by atoms with Crippen molar-refractivity contribution in [2.24, 2.45) is 5.92 Å². The van der Waals surface area contributed by atoms with Crippen molar-refractivity contribution in [2.75, 3.05) is 13.6 Å². The van der Waals surface area contributed by atoms with Crippen molar-refractivity contribution in [1.29, 1.82) is 0 Å². The smallest absolute Gasteiger partial charge is 0.334 e. The molecule has 2 heterocycles. The van der Waals surface area contributed by atoms with E-state index in [0.29, 0.717) is 18.4 Å². The van der Waals surface area contributed by atoms with Gasteiger partial charge in [0.1, 0.15) is 18.0 Å². The zero-order valence-corrected chi connectivity index (χ0v) is 20.7. The number of ketones is 1. The Bertz CT molecular complexity index is 1140. The van der Waals surface area contributed by atoms with Gasteiger partial charge in [0.15, 0.2) is 5.78 Å². The Morgan fingerprint density at radius 1 is 1.05 bits per heavy atom. The second-order valence-corrected chi connectivity index (χ2v) is 9.55. The molecule has 10 heteroatoms. The Hall–Kier alpha value is -3.79. The van der Waals surface area contributed by atoms with E-state index in [1.807, 2.05) is 30.3 Å². The largest absolute Gasteiger partial charge is 0.481 e. The molecule has 0 aliphatic carbocycles. The first-order valence-electron chi connectivity index (χ1n) is 12.4. The summed E-state index contributed by atoms with van der Waals surface area (Å²) in [5.41, 5.74) is 1.84. The standard InChI is InChI=1S/C27H31FN4O5/c1-30-17-24(33)31-22(15-25(34)35)26(36)20(9-5-8-18-6-3-2-4-7-18)14-23(31)32(30)27(37)29-16-19-10-12-21(28)13-11-19/h2-4,6-7,10-13,20,22-23H,5,8-9,14-17H2,1H3,(H,29,37)(H,34,35)/t20?,22-,23-/m0/s1. The van der Waals surface area contributed by atoms with Crippen molar-refractivity contribution >= 4 is 23.7 Å². The zero-order valence-electron chi connectivity index (χ0n) is 20.7. The van der Waals surface area contributed by atoms with Crippen LogP contribution in [0, 0.1) is 11.7 Å². The lowest BCUT2D eigenvalue weighted by molar-refractivity contribution is -0.183. The molecule has 37 heavy (non-hydrogen) atoms. The third kappa shape index (κ3) is 6.14. The SMILES string of the molecule is CN1CC(=O)N2[C@@H](CC(=O)O)C(=O)C(CCCc3ccccc3)C[C@@H]2N1C(=O)NCc1ccc(F)cc1. The number of aliphatic carboxylic acids is 1. The van der Waals surface area contributed by atoms with E-state index in [2.05, 4.69) is 5.32 Å². The molecule has 3 atom stereocenters. The van der Waals surface area contributed by atoms with Crippen LogP contribution in [-0.4, -0.2) is 69.5 Å². The second-order valence-electron chi connectivity index (χ2n) is 9.55. The van der Waals surface area contributed by atoms with Crippen molar-refractivity contribution in [2.45, 2.75) is 50.9 Å². The first-order chi connectivity index (χ1) is 17.7. The number of Topliss-reactive ketones (excluding diaryl/α,β-unsaturated/α-hetero) is 1. The van der Waals surface area contributed by atoms with E-state index in [9.17, 15) is 28.7 Å². The first kappa shape index (κ1) is 26.3. The molecule has 2 N–H and O–H groups in total. The predicted octanol–water partition coefficient (Wildman–Crippen LogP) is 2.81. The average molecular weight is 511 g/mol. The van der Waals surface area contributed by atoms with Gasteiger partial charge in [0.25, 0.3) is 0 Å². The van der Waals surface area contributed by atoms with Crippen LogP contribution in [0.15, 0.2) is 54.6 Å². The fraction of sp³-hybridized carbons (Fsp3) is 0.407. The van der Waals surface area contributed by atoms with Crippen molar-refractivity contribution in [3.63, 3.8) is 0 Å². The molecule has 196 valence electrons. The zero-order chi connectivity index (χ0) is 26.5. The normalized spacial score (nSPS) is 22.1. The van der Waals surface area contributed by atoms with Gasteiger partial charge in [-0.1, -0.05) is 42.5 Å². The Labute approximate surface area is 214 Å². The molecule has 2 aromatic rings. The number of fused-ring (bicyclic) bond motifs is 1. The Morgan fingerprint density at radius 3 is 2.43 bits per heavy atom. The van der Waals surface area contributed by atoms with Crippen molar-refractivity contribution < 1.29 is 28.7 Å². The number of hydrazine groups is 1. The summed E-state index contributed by atoms with van der Waals surface area (Å²) in [4.78, 5) is 52.6. The van der Waals surface area contributed by atoms with Gasteiger partial charge in [-0.15, -0.1) is 0 Å². The topological polar surface area (TPSA) is 110 Å². The molecule has 2 aliphatic rings. The Balaban J connectivity index is 1.52. The van der Waals surface area contributed by atoms with Crippen LogP contribution in [0.4, 0.5) is 9.18 Å². The molecular weight excluding hydrogens is 479 g/mol. The summed E-state index contributed by atoms with van der Waals surface area (Å²) in [5.74, 6) is -2.70. The van der Waals surface area contributed by atoms with Gasteiger partial charge in [0, 0.05) is 19.5 Å². The summed E-state index contributed by atoms with van der Waals surface area (Å²) in [7, 11) is 1.61. The van der Waals surface area contributed by atoms with Crippen molar-refractivity contribution in [3.05, 3.63) is 71.5 Å². The summed E-state index contributed by atoms with van der Waals surface area (Å²) in [6.45, 7) is -0.0232. The number of amides is 3. The van der Waals surface area contributed by atoms with Crippen molar-refractivity contribution in [1.82, 2.24) is 20.2 Å². The molecule has 0 aromatic heterocycles. The fourth-order valence-corrected chi connectivity index (χ4v) is 5.21. The minimum atomic E-state index is -1.18. The molecule has 0 spiro atoms. The first-order valence-corrected chi connectivity index (χ1v) is 12.4. The van der Waals surface area contributed by atoms with Gasteiger partial charge in [-0.3, -0.25) is 14.4 Å². The molecule has 0 bridgehead atoms. The van der Waals surface area contributed by atoms with Gasteiger partial charge in [-0.2, -0.15) is 0 Å². The highest BCUT2D eigenvalue weighted by molar-refractivity contribution is 5.95. The summed E-state index contributed by atoms with van der Waals surface area (Å²) < 4.78 is 13.2. The van der Waals surface area contributed by atoms with Gasteiger partial charge in [0.05, 0.1) is 13.0 Å². The van der Waals surface area contributed by atoms with E-state index in [-0.39, 0.29) is 31.1 Å². The van der Waals surface area contributed by atoms with Gasteiger partial charge < -0.3 is 15.3 Å². The Kier molecular flexibility index (Phi) is 8.17. The van der Waals surface area contributed by atoms with E-state index in [4.69, 9.17) is 0 Å². The minimum absolute atomic E-state index is 0.141. The molecule has 2 fully saturated rings. The van der Waals surface area contributed by atoms with Gasteiger partial charge in [-0.25, -0.2) is 19.2 Å². The predicted molar refractivity (Wildman–Crippen MR) is 132 cm³/mol. The van der Waals surface area contributed by atoms with E-state index >= 15 is 0 Å². The molecule has 2 aromatic carbocycles. The number of likely N-dealkylation sites (N-methyl/N-ethyl adjacent to an activating group) is 1. The number of urea groups is 1. The summed E-state index contributed by atoms with van der Waals surface area (Å²) >= 11 is 0. The quantitative estimate of drug-likeness (QED) is 0.565. The maximum Gasteiger partial charge on any atom is 0.334 e. The highest BCUT2D eigenvalue weighted by Gasteiger charge is 2.51. The lowest BCUT2D eigenvalue weighted by Gasteiger charge is -2.53. The number of aryl methyl sites for hydroxylation is 1. The number of piperidine rings is 1. The number of carboxylic acids is 1. The van der Waals surface area contributed by atoms with E-state index in [1.54, 1.807) is 19.2 Å². The molecule has 4 rings (SSSR count). The number of hydrogen-bond acceptors (Lipinski definition) is 5. The van der Waals surface area contributed by atoms with E-state index in [1.165, 1.54) is 27.1 Å². The van der Waals surface area contributed by atoms with Crippen LogP contribution in [-0.2, 0) is 27.3 Å². The molecule has 2 saturated heterocycles. The van der Waals surface area contributed by atoms with Crippen LogP contribution in [0.5, 0.6) is 0 Å².